The van der Waals surface area contributed by atoms with Crippen molar-refractivity contribution < 1.29 is 0 Å². The highest BCUT2D eigenvalue weighted by Crippen LogP contribution is 2.11. The lowest BCUT2D eigenvalue weighted by Crippen LogP contribution is -2.21. The van der Waals surface area contributed by atoms with Crippen molar-refractivity contribution in [1.82, 2.24) is 9.97 Å². The third kappa shape index (κ3) is 3.62. The average Bonchev–Trinajstić information content (AvgIpc) is 2.14. The summed E-state index contributed by atoms with van der Waals surface area (Å²) in [7, 11) is 2.05. The van der Waals surface area contributed by atoms with Crippen molar-refractivity contribution in [3.05, 3.63) is 18.1 Å². The highest BCUT2D eigenvalue weighted by Gasteiger charge is 2.04. The van der Waals surface area contributed by atoms with Gasteiger partial charge in [-0.2, -0.15) is 0 Å². The van der Waals surface area contributed by atoms with E-state index in [1.165, 1.54) is 0 Å². The Bertz CT molecular complexity index is 288. The standard InChI is InChI=1S/C10H16BrN3/c1-8(11)4-5-14(3)10-6-9(2)12-7-13-10/h6-8H,4-5H2,1-3H3. The first-order chi connectivity index (χ1) is 6.59. The van der Waals surface area contributed by atoms with Crippen molar-refractivity contribution in [3.63, 3.8) is 0 Å². The summed E-state index contributed by atoms with van der Waals surface area (Å²) in [5, 5.41) is 0. The predicted molar refractivity (Wildman–Crippen MR) is 63.0 cm³/mol. The van der Waals surface area contributed by atoms with Crippen LogP contribution in [-0.4, -0.2) is 28.4 Å². The molecule has 14 heavy (non-hydrogen) atoms. The van der Waals surface area contributed by atoms with Crippen LogP contribution >= 0.6 is 15.9 Å². The molecule has 0 bridgehead atoms. The summed E-state index contributed by atoms with van der Waals surface area (Å²) in [6.07, 6.45) is 2.72. The summed E-state index contributed by atoms with van der Waals surface area (Å²) in [5.41, 5.74) is 1.01. The number of aryl methyl sites for hydroxylation is 1. The summed E-state index contributed by atoms with van der Waals surface area (Å²) in [6, 6.07) is 2.00. The van der Waals surface area contributed by atoms with E-state index in [-0.39, 0.29) is 0 Å². The number of rotatable bonds is 4. The van der Waals surface area contributed by atoms with Crippen LogP contribution in [-0.2, 0) is 0 Å². The van der Waals surface area contributed by atoms with Gasteiger partial charge in [0.1, 0.15) is 12.1 Å². The Morgan fingerprint density at radius 2 is 2.21 bits per heavy atom. The molecule has 0 fully saturated rings. The summed E-state index contributed by atoms with van der Waals surface area (Å²) >= 11 is 3.53. The fourth-order valence-electron chi connectivity index (χ4n) is 1.14. The molecule has 0 aliphatic heterocycles. The molecule has 1 aromatic rings. The third-order valence-electron chi connectivity index (χ3n) is 2.04. The van der Waals surface area contributed by atoms with Crippen molar-refractivity contribution in [3.8, 4) is 0 Å². The van der Waals surface area contributed by atoms with Gasteiger partial charge in [-0.3, -0.25) is 0 Å². The Labute approximate surface area is 93.7 Å². The smallest absolute Gasteiger partial charge is 0.131 e. The van der Waals surface area contributed by atoms with Gasteiger partial charge in [-0.15, -0.1) is 0 Å². The van der Waals surface area contributed by atoms with Gasteiger partial charge in [0.15, 0.2) is 0 Å². The molecule has 0 amide bonds. The van der Waals surface area contributed by atoms with Crippen LogP contribution in [0.2, 0.25) is 0 Å². The predicted octanol–water partition coefficient (Wildman–Crippen LogP) is 2.39. The van der Waals surface area contributed by atoms with E-state index in [0.717, 1.165) is 24.5 Å². The lowest BCUT2D eigenvalue weighted by atomic mass is 10.3. The Morgan fingerprint density at radius 3 is 2.79 bits per heavy atom. The molecular formula is C10H16BrN3. The van der Waals surface area contributed by atoms with Crippen LogP contribution in [0, 0.1) is 6.92 Å². The third-order valence-corrected chi connectivity index (χ3v) is 2.50. The molecule has 0 aromatic carbocycles. The summed E-state index contributed by atoms with van der Waals surface area (Å²) in [4.78, 5) is 11.0. The highest BCUT2D eigenvalue weighted by atomic mass is 79.9. The SMILES string of the molecule is Cc1cc(N(C)CCC(C)Br)ncn1. The van der Waals surface area contributed by atoms with Crippen LogP contribution in [0.15, 0.2) is 12.4 Å². The van der Waals surface area contributed by atoms with Crippen molar-refractivity contribution in [2.24, 2.45) is 0 Å². The van der Waals surface area contributed by atoms with Gasteiger partial charge < -0.3 is 4.90 Å². The maximum atomic E-state index is 4.22. The summed E-state index contributed by atoms with van der Waals surface area (Å²) < 4.78 is 0. The van der Waals surface area contributed by atoms with Crippen LogP contribution < -0.4 is 4.90 Å². The molecule has 1 unspecified atom stereocenters. The maximum absolute atomic E-state index is 4.22. The first-order valence-electron chi connectivity index (χ1n) is 4.73. The van der Waals surface area contributed by atoms with Gasteiger partial charge in [-0.1, -0.05) is 22.9 Å². The van der Waals surface area contributed by atoms with Crippen LogP contribution in [0.5, 0.6) is 0 Å². The molecule has 4 heteroatoms. The molecule has 3 nitrogen and oxygen atoms in total. The minimum Gasteiger partial charge on any atom is -0.360 e. The topological polar surface area (TPSA) is 29.0 Å². The number of aromatic nitrogens is 2. The van der Waals surface area contributed by atoms with Crippen molar-refractivity contribution in [2.75, 3.05) is 18.5 Å². The van der Waals surface area contributed by atoms with Crippen molar-refractivity contribution in [2.45, 2.75) is 25.1 Å². The van der Waals surface area contributed by atoms with Crippen molar-refractivity contribution in [1.29, 1.82) is 0 Å². The second-order valence-electron chi connectivity index (χ2n) is 3.51. The molecule has 0 aliphatic carbocycles. The van der Waals surface area contributed by atoms with Gasteiger partial charge in [0.05, 0.1) is 0 Å². The average molecular weight is 258 g/mol. The molecule has 0 aliphatic rings. The zero-order chi connectivity index (χ0) is 10.6. The molecule has 78 valence electrons. The van der Waals surface area contributed by atoms with Gasteiger partial charge in [-0.25, -0.2) is 9.97 Å². The molecule has 0 saturated heterocycles. The zero-order valence-electron chi connectivity index (χ0n) is 8.87. The van der Waals surface area contributed by atoms with E-state index in [9.17, 15) is 0 Å². The number of hydrogen-bond donors (Lipinski definition) is 0. The van der Waals surface area contributed by atoms with E-state index in [1.54, 1.807) is 6.33 Å². The van der Waals surface area contributed by atoms with E-state index >= 15 is 0 Å². The number of halogens is 1. The maximum Gasteiger partial charge on any atom is 0.131 e. The minimum atomic E-state index is 0.549. The zero-order valence-corrected chi connectivity index (χ0v) is 10.5. The van der Waals surface area contributed by atoms with Gasteiger partial charge in [0, 0.05) is 30.2 Å². The molecule has 1 rings (SSSR count). The van der Waals surface area contributed by atoms with E-state index < -0.39 is 0 Å². The quantitative estimate of drug-likeness (QED) is 0.776. The normalized spacial score (nSPS) is 12.6. The van der Waals surface area contributed by atoms with E-state index in [1.807, 2.05) is 13.0 Å². The molecular weight excluding hydrogens is 242 g/mol. The summed E-state index contributed by atoms with van der Waals surface area (Å²) in [6.45, 7) is 5.13. The van der Waals surface area contributed by atoms with Gasteiger partial charge in [0.25, 0.3) is 0 Å². The van der Waals surface area contributed by atoms with Gasteiger partial charge >= 0.3 is 0 Å². The van der Waals surface area contributed by atoms with Crippen molar-refractivity contribution >= 4 is 21.7 Å². The van der Waals surface area contributed by atoms with Gasteiger partial charge in [-0.05, 0) is 13.3 Å². The van der Waals surface area contributed by atoms with Crippen LogP contribution in [0.25, 0.3) is 0 Å². The highest BCUT2D eigenvalue weighted by molar-refractivity contribution is 9.09. The first kappa shape index (κ1) is 11.4. The second-order valence-corrected chi connectivity index (χ2v) is 5.07. The van der Waals surface area contributed by atoms with E-state index in [2.05, 4.69) is 44.8 Å². The first-order valence-corrected chi connectivity index (χ1v) is 5.65. The number of anilines is 1. The Morgan fingerprint density at radius 1 is 1.50 bits per heavy atom. The fraction of sp³-hybridized carbons (Fsp3) is 0.600. The van der Waals surface area contributed by atoms with Gasteiger partial charge in [0.2, 0.25) is 0 Å². The Hall–Kier alpha value is -0.640. The van der Waals surface area contributed by atoms with E-state index in [0.29, 0.717) is 4.83 Å². The van der Waals surface area contributed by atoms with Crippen LogP contribution in [0.4, 0.5) is 5.82 Å². The largest absolute Gasteiger partial charge is 0.360 e. The minimum absolute atomic E-state index is 0.549. The molecule has 1 atom stereocenters. The number of hydrogen-bond acceptors (Lipinski definition) is 3. The molecule has 0 spiro atoms. The second kappa shape index (κ2) is 5.29. The molecule has 1 aromatic heterocycles. The Kier molecular flexibility index (Phi) is 4.32. The molecule has 1 heterocycles. The lowest BCUT2D eigenvalue weighted by molar-refractivity contribution is 0.776. The fourth-order valence-corrected chi connectivity index (χ4v) is 1.34. The lowest BCUT2D eigenvalue weighted by Gasteiger charge is -2.18. The molecule has 0 radical (unpaired) electrons. The molecule has 0 saturated carbocycles. The Balaban J connectivity index is 2.56. The van der Waals surface area contributed by atoms with E-state index in [4.69, 9.17) is 0 Å². The monoisotopic (exact) mass is 257 g/mol. The number of nitrogens with zero attached hydrogens (tertiary/aromatic N) is 3. The summed E-state index contributed by atoms with van der Waals surface area (Å²) in [5.74, 6) is 0.991. The molecule has 0 N–H and O–H groups in total. The van der Waals surface area contributed by atoms with Crippen LogP contribution in [0.1, 0.15) is 19.0 Å². The number of alkyl halides is 1. The van der Waals surface area contributed by atoms with Crippen LogP contribution in [0.3, 0.4) is 0 Å².